The maximum atomic E-state index is 10.7. The Bertz CT molecular complexity index is 400. The molecule has 8 nitrogen and oxygen atoms in total. The standard InChI is InChI=1S/C6H14N6O2S/c1-12-10-6(9-11-12)5-7-3-4-8-15(2,13)14/h7-8H,3-5H2,1-2H3. The van der Waals surface area contributed by atoms with Crippen LogP contribution in [-0.4, -0.2) is 48.0 Å². The molecule has 9 heteroatoms. The van der Waals surface area contributed by atoms with E-state index in [0.29, 0.717) is 25.5 Å². The number of hydrogen-bond donors (Lipinski definition) is 2. The third-order valence-electron chi connectivity index (χ3n) is 1.50. The van der Waals surface area contributed by atoms with Crippen molar-refractivity contribution in [2.75, 3.05) is 19.3 Å². The van der Waals surface area contributed by atoms with E-state index in [1.807, 2.05) is 0 Å². The van der Waals surface area contributed by atoms with Crippen LogP contribution in [0.15, 0.2) is 0 Å². The molecule has 0 aromatic carbocycles. The Kier molecular flexibility index (Phi) is 4.12. The van der Waals surface area contributed by atoms with Crippen molar-refractivity contribution in [2.24, 2.45) is 7.05 Å². The summed E-state index contributed by atoms with van der Waals surface area (Å²) in [6.45, 7) is 1.34. The second kappa shape index (κ2) is 5.14. The van der Waals surface area contributed by atoms with Gasteiger partial charge in [-0.05, 0) is 5.21 Å². The molecule has 15 heavy (non-hydrogen) atoms. The topological polar surface area (TPSA) is 102 Å². The number of hydrogen-bond acceptors (Lipinski definition) is 6. The van der Waals surface area contributed by atoms with Gasteiger partial charge >= 0.3 is 0 Å². The molecule has 0 bridgehead atoms. The first-order valence-corrected chi connectivity index (χ1v) is 6.25. The van der Waals surface area contributed by atoms with E-state index in [9.17, 15) is 8.42 Å². The maximum absolute atomic E-state index is 10.7. The summed E-state index contributed by atoms with van der Waals surface area (Å²) in [5.74, 6) is 0.580. The van der Waals surface area contributed by atoms with Crippen molar-refractivity contribution in [3.63, 3.8) is 0 Å². The normalized spacial score (nSPS) is 11.9. The lowest BCUT2D eigenvalue weighted by molar-refractivity contribution is 0.579. The van der Waals surface area contributed by atoms with Gasteiger partial charge in [-0.25, -0.2) is 13.1 Å². The zero-order valence-electron chi connectivity index (χ0n) is 8.63. The monoisotopic (exact) mass is 234 g/mol. The average molecular weight is 234 g/mol. The molecule has 0 aliphatic carbocycles. The lowest BCUT2D eigenvalue weighted by Crippen LogP contribution is -2.31. The van der Waals surface area contributed by atoms with Gasteiger partial charge in [-0.15, -0.1) is 10.2 Å². The molecule has 1 heterocycles. The number of nitrogens with one attached hydrogen (secondary N) is 2. The lowest BCUT2D eigenvalue weighted by Gasteiger charge is -2.02. The van der Waals surface area contributed by atoms with Gasteiger partial charge in [0.1, 0.15) is 0 Å². The molecular formula is C6H14N6O2S. The third kappa shape index (κ3) is 5.40. The minimum Gasteiger partial charge on any atom is -0.308 e. The van der Waals surface area contributed by atoms with Crippen LogP contribution in [0.1, 0.15) is 5.82 Å². The van der Waals surface area contributed by atoms with Crippen LogP contribution >= 0.6 is 0 Å². The summed E-state index contributed by atoms with van der Waals surface area (Å²) in [6.07, 6.45) is 1.12. The van der Waals surface area contributed by atoms with E-state index >= 15 is 0 Å². The largest absolute Gasteiger partial charge is 0.308 e. The molecule has 2 N–H and O–H groups in total. The quantitative estimate of drug-likeness (QED) is 0.544. The van der Waals surface area contributed by atoms with Gasteiger partial charge in [0.05, 0.1) is 19.8 Å². The van der Waals surface area contributed by atoms with Gasteiger partial charge in [-0.2, -0.15) is 4.80 Å². The molecule has 1 aromatic rings. The van der Waals surface area contributed by atoms with E-state index in [1.54, 1.807) is 7.05 Å². The fraction of sp³-hybridized carbons (Fsp3) is 0.833. The molecule has 0 saturated carbocycles. The first-order valence-electron chi connectivity index (χ1n) is 4.35. The molecule has 0 unspecified atom stereocenters. The first-order chi connectivity index (χ1) is 6.97. The van der Waals surface area contributed by atoms with Crippen molar-refractivity contribution < 1.29 is 8.42 Å². The van der Waals surface area contributed by atoms with Gasteiger partial charge in [0.15, 0.2) is 5.82 Å². The van der Waals surface area contributed by atoms with Gasteiger partial charge in [0, 0.05) is 13.1 Å². The molecule has 0 atom stereocenters. The molecule has 0 amide bonds. The van der Waals surface area contributed by atoms with Crippen molar-refractivity contribution >= 4 is 10.0 Å². The Morgan fingerprint density at radius 2 is 2.13 bits per heavy atom. The molecule has 0 aliphatic rings. The van der Waals surface area contributed by atoms with Crippen LogP contribution < -0.4 is 10.0 Å². The smallest absolute Gasteiger partial charge is 0.208 e. The summed E-state index contributed by atoms with van der Waals surface area (Å²) in [5, 5.41) is 14.4. The second-order valence-corrected chi connectivity index (χ2v) is 4.87. The Balaban J connectivity index is 2.12. The zero-order valence-corrected chi connectivity index (χ0v) is 9.45. The molecule has 86 valence electrons. The minimum absolute atomic E-state index is 0.346. The number of nitrogens with zero attached hydrogens (tertiary/aromatic N) is 4. The van der Waals surface area contributed by atoms with Crippen LogP contribution in [0, 0.1) is 0 Å². The molecule has 0 fully saturated rings. The Morgan fingerprint density at radius 1 is 1.40 bits per heavy atom. The van der Waals surface area contributed by atoms with Gasteiger partial charge in [0.2, 0.25) is 10.0 Å². The van der Waals surface area contributed by atoms with Gasteiger partial charge < -0.3 is 5.32 Å². The van der Waals surface area contributed by atoms with Crippen molar-refractivity contribution in [3.8, 4) is 0 Å². The minimum atomic E-state index is -3.10. The molecule has 1 rings (SSSR count). The second-order valence-electron chi connectivity index (χ2n) is 3.04. The van der Waals surface area contributed by atoms with Gasteiger partial charge in [0.25, 0.3) is 0 Å². The molecular weight excluding hydrogens is 220 g/mol. The van der Waals surface area contributed by atoms with E-state index in [2.05, 4.69) is 25.4 Å². The number of aryl methyl sites for hydroxylation is 1. The number of aromatic nitrogens is 4. The average Bonchev–Trinajstić information content (AvgIpc) is 2.49. The molecule has 1 aromatic heterocycles. The van der Waals surface area contributed by atoms with Crippen LogP contribution in [0.5, 0.6) is 0 Å². The number of rotatable bonds is 6. The van der Waals surface area contributed by atoms with Crippen LogP contribution in [0.2, 0.25) is 0 Å². The summed E-state index contributed by atoms with van der Waals surface area (Å²) < 4.78 is 23.7. The van der Waals surface area contributed by atoms with E-state index in [0.717, 1.165) is 6.26 Å². The number of sulfonamides is 1. The predicted molar refractivity (Wildman–Crippen MR) is 53.4 cm³/mol. The third-order valence-corrected chi connectivity index (χ3v) is 2.23. The Hall–Kier alpha value is -1.06. The predicted octanol–water partition coefficient (Wildman–Crippen LogP) is -2.15. The van der Waals surface area contributed by atoms with Crippen LogP contribution in [-0.2, 0) is 23.6 Å². The van der Waals surface area contributed by atoms with Crippen LogP contribution in [0.3, 0.4) is 0 Å². The highest BCUT2D eigenvalue weighted by atomic mass is 32.2. The Labute approximate surface area is 88.1 Å². The fourth-order valence-corrected chi connectivity index (χ4v) is 1.39. The lowest BCUT2D eigenvalue weighted by atomic mass is 10.5. The fourth-order valence-electron chi connectivity index (χ4n) is 0.919. The van der Waals surface area contributed by atoms with E-state index < -0.39 is 10.0 Å². The summed E-state index contributed by atoms with van der Waals surface area (Å²) in [6, 6.07) is 0. The first kappa shape index (κ1) is 12.0. The van der Waals surface area contributed by atoms with E-state index in [4.69, 9.17) is 0 Å². The molecule has 0 saturated heterocycles. The van der Waals surface area contributed by atoms with Crippen LogP contribution in [0.25, 0.3) is 0 Å². The highest BCUT2D eigenvalue weighted by Crippen LogP contribution is 1.82. The SMILES string of the molecule is Cn1nnc(CNCCNS(C)(=O)=O)n1. The highest BCUT2D eigenvalue weighted by molar-refractivity contribution is 7.88. The molecule has 0 radical (unpaired) electrons. The Morgan fingerprint density at radius 3 is 2.67 bits per heavy atom. The summed E-state index contributed by atoms with van der Waals surface area (Å²) in [5.41, 5.74) is 0. The molecule has 0 spiro atoms. The van der Waals surface area contributed by atoms with E-state index in [1.165, 1.54) is 4.80 Å². The van der Waals surface area contributed by atoms with Crippen LogP contribution in [0.4, 0.5) is 0 Å². The van der Waals surface area contributed by atoms with Crippen molar-refractivity contribution in [3.05, 3.63) is 5.82 Å². The van der Waals surface area contributed by atoms with E-state index in [-0.39, 0.29) is 0 Å². The van der Waals surface area contributed by atoms with Gasteiger partial charge in [-0.1, -0.05) is 0 Å². The van der Waals surface area contributed by atoms with Crippen molar-refractivity contribution in [1.29, 1.82) is 0 Å². The summed E-state index contributed by atoms with van der Waals surface area (Å²) in [7, 11) is -1.42. The summed E-state index contributed by atoms with van der Waals surface area (Å²) in [4.78, 5) is 1.37. The maximum Gasteiger partial charge on any atom is 0.208 e. The summed E-state index contributed by atoms with van der Waals surface area (Å²) >= 11 is 0. The zero-order chi connectivity index (χ0) is 11.3. The highest BCUT2D eigenvalue weighted by Gasteiger charge is 2.00. The van der Waals surface area contributed by atoms with Crippen molar-refractivity contribution in [2.45, 2.75) is 6.54 Å². The van der Waals surface area contributed by atoms with Gasteiger partial charge in [-0.3, -0.25) is 0 Å². The number of tetrazole rings is 1. The van der Waals surface area contributed by atoms with Crippen molar-refractivity contribution in [1.82, 2.24) is 30.2 Å². The molecule has 0 aliphatic heterocycles.